The number of fused-ring (bicyclic) bond motifs is 3. The van der Waals surface area contributed by atoms with Crippen LogP contribution in [0.4, 0.5) is 5.69 Å². The maximum atomic E-state index is 7.31. The fourth-order valence-corrected chi connectivity index (χ4v) is 4.35. The molecule has 0 radical (unpaired) electrons. The van der Waals surface area contributed by atoms with Crippen LogP contribution in [0.1, 0.15) is 18.1 Å². The van der Waals surface area contributed by atoms with Crippen LogP contribution in [0, 0.1) is 20.4 Å². The van der Waals surface area contributed by atoms with Crippen LogP contribution in [0.15, 0.2) is 67.0 Å². The third-order valence-electron chi connectivity index (χ3n) is 5.97. The Morgan fingerprint density at radius 1 is 0.871 bits per heavy atom. The Hall–Kier alpha value is -3.97. The number of aryl methyl sites for hydroxylation is 3. The first kappa shape index (κ1) is 19.0. The lowest BCUT2D eigenvalue weighted by molar-refractivity contribution is 0.816. The molecule has 150 valence electrons. The second-order valence-corrected chi connectivity index (χ2v) is 7.85. The molecule has 3 heterocycles. The summed E-state index contributed by atoms with van der Waals surface area (Å²) in [5.74, 6) is 0. The van der Waals surface area contributed by atoms with E-state index >= 15 is 0 Å². The molecule has 0 amide bonds. The molecule has 0 atom stereocenters. The minimum Gasteiger partial charge on any atom is -0.326 e. The first-order valence-corrected chi connectivity index (χ1v) is 10.4. The first-order valence-electron chi connectivity index (χ1n) is 10.4. The molecular weight excluding hydrogens is 380 g/mol. The van der Waals surface area contributed by atoms with Crippen LogP contribution in [0.5, 0.6) is 0 Å². The average molecular weight is 403 g/mol. The molecule has 0 saturated carbocycles. The molecule has 3 aromatic heterocycles. The summed E-state index contributed by atoms with van der Waals surface area (Å²) in [5.41, 5.74) is 9.16. The van der Waals surface area contributed by atoms with Gasteiger partial charge in [-0.2, -0.15) is 0 Å². The van der Waals surface area contributed by atoms with Crippen LogP contribution in [-0.4, -0.2) is 14.5 Å². The third-order valence-corrected chi connectivity index (χ3v) is 5.97. The van der Waals surface area contributed by atoms with Gasteiger partial charge in [-0.05, 0) is 61.7 Å². The molecule has 4 heteroatoms. The van der Waals surface area contributed by atoms with Crippen molar-refractivity contribution in [2.45, 2.75) is 27.3 Å². The Labute approximate surface area is 181 Å². The highest BCUT2D eigenvalue weighted by Gasteiger charge is 2.13. The van der Waals surface area contributed by atoms with E-state index in [0.29, 0.717) is 5.69 Å². The lowest BCUT2D eigenvalue weighted by Gasteiger charge is -2.11. The summed E-state index contributed by atoms with van der Waals surface area (Å²) in [7, 11) is 0. The van der Waals surface area contributed by atoms with Crippen LogP contribution < -0.4 is 0 Å². The predicted octanol–water partition coefficient (Wildman–Crippen LogP) is 7.11. The van der Waals surface area contributed by atoms with Gasteiger partial charge in [-0.15, -0.1) is 0 Å². The molecule has 0 bridgehead atoms. The van der Waals surface area contributed by atoms with Gasteiger partial charge in [0.25, 0.3) is 0 Å². The quantitative estimate of drug-likeness (QED) is 0.302. The van der Waals surface area contributed by atoms with E-state index in [1.807, 2.05) is 30.6 Å². The molecule has 0 spiro atoms. The minimum absolute atomic E-state index is 0.644. The van der Waals surface area contributed by atoms with E-state index in [1.165, 1.54) is 10.9 Å². The van der Waals surface area contributed by atoms with Crippen molar-refractivity contribution in [1.29, 1.82) is 0 Å². The summed E-state index contributed by atoms with van der Waals surface area (Å²) in [6, 6.07) is 18.6. The molecule has 2 aromatic carbocycles. The molecule has 0 aliphatic carbocycles. The van der Waals surface area contributed by atoms with Crippen LogP contribution in [0.2, 0.25) is 0 Å². The van der Waals surface area contributed by atoms with Gasteiger partial charge in [0.05, 0.1) is 17.8 Å². The average Bonchev–Trinajstić information content (AvgIpc) is 3.12. The van der Waals surface area contributed by atoms with Gasteiger partial charge in [-0.25, -0.2) is 9.83 Å². The van der Waals surface area contributed by atoms with E-state index in [4.69, 9.17) is 16.5 Å². The molecule has 0 saturated heterocycles. The van der Waals surface area contributed by atoms with Gasteiger partial charge < -0.3 is 4.57 Å². The van der Waals surface area contributed by atoms with Crippen molar-refractivity contribution in [2.75, 3.05) is 0 Å². The Bertz CT molecular complexity index is 1500. The number of hydrogen-bond donors (Lipinski definition) is 0. The maximum Gasteiger partial charge on any atom is 0.187 e. The molecule has 0 aliphatic heterocycles. The third kappa shape index (κ3) is 3.06. The van der Waals surface area contributed by atoms with Crippen LogP contribution >= 0.6 is 0 Å². The lowest BCUT2D eigenvalue weighted by Crippen LogP contribution is -1.95. The smallest absolute Gasteiger partial charge is 0.187 e. The van der Waals surface area contributed by atoms with Crippen molar-refractivity contribution in [3.05, 3.63) is 89.5 Å². The SMILES string of the molecule is [C-]#[N+]c1ccc(C)c(-c2cnc(-c3cnc4c(c3)c3ccccc3n4CC)cc2C)c1. The standard InChI is InChI=1S/C27H22N4/c1-5-31-26-9-7-6-8-21(26)23-13-19(15-30-27(23)31)25-12-18(3)24(16-29-25)22-14-20(28-4)11-10-17(22)2/h6-16H,5H2,1-3H3. The first-order chi connectivity index (χ1) is 15.1. The zero-order valence-electron chi connectivity index (χ0n) is 17.8. The molecule has 0 fully saturated rings. The fourth-order valence-electron chi connectivity index (χ4n) is 4.35. The summed E-state index contributed by atoms with van der Waals surface area (Å²) >= 11 is 0. The molecule has 31 heavy (non-hydrogen) atoms. The maximum absolute atomic E-state index is 7.31. The molecular formula is C27H22N4. The molecule has 5 aromatic rings. The van der Waals surface area contributed by atoms with Crippen molar-refractivity contribution < 1.29 is 0 Å². The van der Waals surface area contributed by atoms with Crippen LogP contribution in [-0.2, 0) is 6.54 Å². The number of hydrogen-bond acceptors (Lipinski definition) is 2. The van der Waals surface area contributed by atoms with Crippen molar-refractivity contribution in [1.82, 2.24) is 14.5 Å². The minimum atomic E-state index is 0.644. The number of benzene rings is 2. The highest BCUT2D eigenvalue weighted by atomic mass is 15.0. The zero-order valence-corrected chi connectivity index (χ0v) is 17.8. The van der Waals surface area contributed by atoms with E-state index in [-0.39, 0.29) is 0 Å². The number of para-hydroxylation sites is 1. The molecule has 5 rings (SSSR count). The summed E-state index contributed by atoms with van der Waals surface area (Å²) in [6.07, 6.45) is 3.83. The number of nitrogens with zero attached hydrogens (tertiary/aromatic N) is 4. The van der Waals surface area contributed by atoms with Crippen LogP contribution in [0.25, 0.3) is 49.2 Å². The highest BCUT2D eigenvalue weighted by Crippen LogP contribution is 2.34. The molecule has 0 unspecified atom stereocenters. The van der Waals surface area contributed by atoms with Gasteiger partial charge in [-0.1, -0.05) is 30.3 Å². The van der Waals surface area contributed by atoms with Gasteiger partial charge >= 0.3 is 0 Å². The number of rotatable bonds is 3. The second kappa shape index (κ2) is 7.37. The summed E-state index contributed by atoms with van der Waals surface area (Å²) < 4.78 is 2.25. The molecule has 0 aliphatic rings. The normalized spacial score (nSPS) is 11.2. The van der Waals surface area contributed by atoms with Crippen molar-refractivity contribution in [3.63, 3.8) is 0 Å². The second-order valence-electron chi connectivity index (χ2n) is 7.85. The predicted molar refractivity (Wildman–Crippen MR) is 127 cm³/mol. The summed E-state index contributed by atoms with van der Waals surface area (Å²) in [5, 5.41) is 2.37. The zero-order chi connectivity index (χ0) is 21.5. The Balaban J connectivity index is 1.64. The van der Waals surface area contributed by atoms with Gasteiger partial charge in [-0.3, -0.25) is 4.98 Å². The van der Waals surface area contributed by atoms with Crippen LogP contribution in [0.3, 0.4) is 0 Å². The van der Waals surface area contributed by atoms with E-state index in [9.17, 15) is 0 Å². The van der Waals surface area contributed by atoms with Gasteiger partial charge in [0.1, 0.15) is 5.65 Å². The summed E-state index contributed by atoms with van der Waals surface area (Å²) in [4.78, 5) is 13.1. The largest absolute Gasteiger partial charge is 0.326 e. The fraction of sp³-hybridized carbons (Fsp3) is 0.148. The van der Waals surface area contributed by atoms with Crippen molar-refractivity contribution >= 4 is 27.6 Å². The number of aromatic nitrogens is 3. The van der Waals surface area contributed by atoms with Gasteiger partial charge in [0, 0.05) is 40.8 Å². The topological polar surface area (TPSA) is 35.1 Å². The number of pyridine rings is 2. The van der Waals surface area contributed by atoms with Crippen molar-refractivity contribution in [3.8, 4) is 22.4 Å². The lowest BCUT2D eigenvalue weighted by atomic mass is 9.96. The van der Waals surface area contributed by atoms with E-state index in [0.717, 1.165) is 51.1 Å². The van der Waals surface area contributed by atoms with E-state index in [1.54, 1.807) is 0 Å². The Morgan fingerprint density at radius 3 is 2.48 bits per heavy atom. The Kier molecular flexibility index (Phi) is 4.52. The molecule has 4 nitrogen and oxygen atoms in total. The molecule has 0 N–H and O–H groups in total. The summed E-state index contributed by atoms with van der Waals surface area (Å²) in [6.45, 7) is 14.5. The van der Waals surface area contributed by atoms with Crippen molar-refractivity contribution in [2.24, 2.45) is 0 Å². The Morgan fingerprint density at radius 2 is 1.71 bits per heavy atom. The highest BCUT2D eigenvalue weighted by molar-refractivity contribution is 6.07. The van der Waals surface area contributed by atoms with E-state index < -0.39 is 0 Å². The van der Waals surface area contributed by atoms with Gasteiger partial charge in [0.15, 0.2) is 5.69 Å². The van der Waals surface area contributed by atoms with Gasteiger partial charge in [0.2, 0.25) is 0 Å². The monoisotopic (exact) mass is 402 g/mol. The van der Waals surface area contributed by atoms with E-state index in [2.05, 4.69) is 66.6 Å².